The number of nitrogens with one attached hydrogen (secondary N) is 4. The number of ether oxygens (including phenoxy) is 1. The number of carbonyl (C=O) groups excluding carboxylic acids is 1. The van der Waals surface area contributed by atoms with Gasteiger partial charge in [-0.2, -0.15) is 0 Å². The van der Waals surface area contributed by atoms with E-state index in [9.17, 15) is 4.79 Å². The minimum absolute atomic E-state index is 0. The molecule has 1 heterocycles. The first kappa shape index (κ1) is 22.1. The molecular weight excluding hydrogens is 445 g/mol. The van der Waals surface area contributed by atoms with Crippen LogP contribution in [0.1, 0.15) is 26.5 Å². The maximum Gasteiger partial charge on any atom is 0.407 e. The summed E-state index contributed by atoms with van der Waals surface area (Å²) in [6.07, 6.45) is -0.421. The van der Waals surface area contributed by atoms with E-state index in [1.54, 1.807) is 7.05 Å². The van der Waals surface area contributed by atoms with Crippen LogP contribution in [0.3, 0.4) is 0 Å². The third-order valence-electron chi connectivity index (χ3n) is 3.34. The highest BCUT2D eigenvalue weighted by Gasteiger charge is 2.15. The number of rotatable bonds is 5. The zero-order valence-corrected chi connectivity index (χ0v) is 18.0. The van der Waals surface area contributed by atoms with Gasteiger partial charge < -0.3 is 25.7 Å². The quantitative estimate of drug-likeness (QED) is 0.233. The average Bonchev–Trinajstić information content (AvgIpc) is 2.95. The highest BCUT2D eigenvalue weighted by atomic mass is 127. The number of carbonyl (C=O) groups is 1. The number of hydrogen-bond donors (Lipinski definition) is 4. The zero-order chi connectivity index (χ0) is 18.3. The Morgan fingerprint density at radius 1 is 1.15 bits per heavy atom. The van der Waals surface area contributed by atoms with Crippen molar-refractivity contribution < 1.29 is 9.53 Å². The number of para-hydroxylation sites is 1. The summed E-state index contributed by atoms with van der Waals surface area (Å²) in [5.41, 5.74) is 1.70. The Bertz CT molecular complexity index is 704. The molecule has 144 valence electrons. The second-order valence-corrected chi connectivity index (χ2v) is 6.66. The van der Waals surface area contributed by atoms with E-state index >= 15 is 0 Å². The molecule has 0 aliphatic carbocycles. The number of H-pyrrole nitrogens is 1. The van der Waals surface area contributed by atoms with Crippen LogP contribution in [0.4, 0.5) is 4.79 Å². The Hall–Kier alpha value is -1.97. The lowest BCUT2D eigenvalue weighted by atomic mass is 10.2. The molecule has 0 unspecified atom stereocenters. The van der Waals surface area contributed by atoms with Crippen LogP contribution in [0.5, 0.6) is 0 Å². The molecule has 0 aliphatic rings. The highest BCUT2D eigenvalue weighted by molar-refractivity contribution is 14.0. The van der Waals surface area contributed by atoms with Crippen molar-refractivity contribution >= 4 is 46.9 Å². The minimum Gasteiger partial charge on any atom is -0.444 e. The van der Waals surface area contributed by atoms with Gasteiger partial charge in [0.15, 0.2) is 5.96 Å². The summed E-state index contributed by atoms with van der Waals surface area (Å²) < 4.78 is 5.18. The number of fused-ring (bicyclic) bond motifs is 1. The molecule has 2 rings (SSSR count). The lowest BCUT2D eigenvalue weighted by Crippen LogP contribution is -2.42. The Morgan fingerprint density at radius 3 is 2.50 bits per heavy atom. The fourth-order valence-electron chi connectivity index (χ4n) is 2.29. The van der Waals surface area contributed by atoms with Gasteiger partial charge in [0.05, 0.1) is 6.54 Å². The van der Waals surface area contributed by atoms with Gasteiger partial charge in [-0.15, -0.1) is 24.0 Å². The smallest absolute Gasteiger partial charge is 0.407 e. The number of guanidine groups is 1. The van der Waals surface area contributed by atoms with Gasteiger partial charge in [0.2, 0.25) is 0 Å². The monoisotopic (exact) mass is 473 g/mol. The summed E-state index contributed by atoms with van der Waals surface area (Å²) in [5, 5.41) is 10.3. The van der Waals surface area contributed by atoms with E-state index in [0.717, 1.165) is 11.2 Å². The van der Waals surface area contributed by atoms with Gasteiger partial charge in [-0.1, -0.05) is 18.2 Å². The second-order valence-electron chi connectivity index (χ2n) is 6.66. The molecule has 0 saturated carbocycles. The molecule has 0 bridgehead atoms. The van der Waals surface area contributed by atoms with Crippen molar-refractivity contribution in [2.45, 2.75) is 32.9 Å². The van der Waals surface area contributed by atoms with Crippen molar-refractivity contribution in [2.75, 3.05) is 20.1 Å². The first-order valence-electron chi connectivity index (χ1n) is 8.35. The Balaban J connectivity index is 0.00000338. The normalized spacial score (nSPS) is 11.6. The Labute approximate surface area is 171 Å². The molecule has 26 heavy (non-hydrogen) atoms. The number of aromatic nitrogens is 1. The van der Waals surface area contributed by atoms with E-state index in [4.69, 9.17) is 4.74 Å². The van der Waals surface area contributed by atoms with Gasteiger partial charge in [0.25, 0.3) is 0 Å². The first-order chi connectivity index (χ1) is 11.9. The molecule has 0 atom stereocenters. The van der Waals surface area contributed by atoms with Gasteiger partial charge >= 0.3 is 6.09 Å². The van der Waals surface area contributed by atoms with Crippen molar-refractivity contribution in [1.29, 1.82) is 0 Å². The molecule has 0 fully saturated rings. The van der Waals surface area contributed by atoms with Crippen LogP contribution in [-0.4, -0.2) is 42.8 Å². The van der Waals surface area contributed by atoms with Crippen LogP contribution < -0.4 is 16.0 Å². The SMILES string of the molecule is CN=C(NCCNC(=O)OC(C)(C)C)NCc1cc2ccccc2[nH]1.I. The van der Waals surface area contributed by atoms with E-state index in [0.29, 0.717) is 25.6 Å². The fourth-order valence-corrected chi connectivity index (χ4v) is 2.29. The van der Waals surface area contributed by atoms with Crippen LogP contribution in [-0.2, 0) is 11.3 Å². The Morgan fingerprint density at radius 2 is 1.85 bits per heavy atom. The maximum absolute atomic E-state index is 11.6. The third-order valence-corrected chi connectivity index (χ3v) is 3.34. The lowest BCUT2D eigenvalue weighted by molar-refractivity contribution is 0.0529. The van der Waals surface area contributed by atoms with Gasteiger partial charge in [-0.25, -0.2) is 4.79 Å². The second kappa shape index (κ2) is 10.2. The maximum atomic E-state index is 11.6. The van der Waals surface area contributed by atoms with Crippen LogP contribution in [0.2, 0.25) is 0 Å². The number of nitrogens with zero attached hydrogens (tertiary/aromatic N) is 1. The molecule has 8 heteroatoms. The van der Waals surface area contributed by atoms with Crippen LogP contribution in [0.15, 0.2) is 35.3 Å². The van der Waals surface area contributed by atoms with Gasteiger partial charge in [0.1, 0.15) is 5.60 Å². The molecule has 0 saturated heterocycles. The number of benzene rings is 1. The summed E-state index contributed by atoms with van der Waals surface area (Å²) in [5.74, 6) is 0.671. The number of hydrogen-bond acceptors (Lipinski definition) is 3. The number of amides is 1. The molecule has 2 aromatic rings. The first-order valence-corrected chi connectivity index (χ1v) is 8.35. The summed E-state index contributed by atoms with van der Waals surface area (Å²) in [7, 11) is 1.71. The van der Waals surface area contributed by atoms with Crippen molar-refractivity contribution in [3.8, 4) is 0 Å². The van der Waals surface area contributed by atoms with Crippen molar-refractivity contribution in [3.63, 3.8) is 0 Å². The summed E-state index contributed by atoms with van der Waals surface area (Å²) in [6.45, 7) is 7.13. The molecule has 0 radical (unpaired) electrons. The number of alkyl carbamates (subject to hydrolysis) is 1. The van der Waals surface area contributed by atoms with Crippen LogP contribution in [0.25, 0.3) is 10.9 Å². The van der Waals surface area contributed by atoms with E-state index in [1.165, 1.54) is 5.39 Å². The van der Waals surface area contributed by atoms with Gasteiger partial charge in [-0.3, -0.25) is 4.99 Å². The van der Waals surface area contributed by atoms with E-state index in [-0.39, 0.29) is 24.0 Å². The lowest BCUT2D eigenvalue weighted by Gasteiger charge is -2.19. The highest BCUT2D eigenvalue weighted by Crippen LogP contribution is 2.14. The molecular formula is C18H28IN5O2. The molecule has 0 spiro atoms. The van der Waals surface area contributed by atoms with E-state index in [1.807, 2.05) is 39.0 Å². The molecule has 0 aliphatic heterocycles. The number of aromatic amines is 1. The summed E-state index contributed by atoms with van der Waals surface area (Å²) >= 11 is 0. The third kappa shape index (κ3) is 7.51. The van der Waals surface area contributed by atoms with Crippen LogP contribution in [0, 0.1) is 0 Å². The van der Waals surface area contributed by atoms with Gasteiger partial charge in [0, 0.05) is 31.3 Å². The molecule has 1 amide bonds. The fraction of sp³-hybridized carbons (Fsp3) is 0.444. The summed E-state index contributed by atoms with van der Waals surface area (Å²) in [4.78, 5) is 19.1. The number of aliphatic imine (C=N–C) groups is 1. The summed E-state index contributed by atoms with van der Waals surface area (Å²) in [6, 6.07) is 10.3. The topological polar surface area (TPSA) is 90.5 Å². The van der Waals surface area contributed by atoms with Crippen molar-refractivity contribution in [1.82, 2.24) is 20.9 Å². The van der Waals surface area contributed by atoms with E-state index < -0.39 is 11.7 Å². The van der Waals surface area contributed by atoms with Crippen molar-refractivity contribution in [3.05, 3.63) is 36.0 Å². The zero-order valence-electron chi connectivity index (χ0n) is 15.7. The standard InChI is InChI=1S/C18H27N5O2.HI/c1-18(2,3)25-17(24)21-10-9-20-16(19-4)22-12-14-11-13-7-5-6-8-15(13)23-14;/h5-8,11,23H,9-10,12H2,1-4H3,(H,21,24)(H2,19,20,22);1H. The largest absolute Gasteiger partial charge is 0.444 e. The molecule has 1 aromatic carbocycles. The average molecular weight is 473 g/mol. The molecule has 4 N–H and O–H groups in total. The predicted octanol–water partition coefficient (Wildman–Crippen LogP) is 2.98. The minimum atomic E-state index is -0.491. The molecule has 1 aromatic heterocycles. The number of halogens is 1. The van der Waals surface area contributed by atoms with Crippen molar-refractivity contribution in [2.24, 2.45) is 4.99 Å². The predicted molar refractivity (Wildman–Crippen MR) is 116 cm³/mol. The van der Waals surface area contributed by atoms with E-state index in [2.05, 4.69) is 38.1 Å². The Kier molecular flexibility index (Phi) is 8.70. The van der Waals surface area contributed by atoms with Gasteiger partial charge in [-0.05, 0) is 38.3 Å². The molecule has 7 nitrogen and oxygen atoms in total. The van der Waals surface area contributed by atoms with Crippen LogP contribution >= 0.6 is 24.0 Å².